The van der Waals surface area contributed by atoms with Crippen LogP contribution < -0.4 is 5.32 Å². The van der Waals surface area contributed by atoms with E-state index in [4.69, 9.17) is 10.00 Å². The van der Waals surface area contributed by atoms with Crippen molar-refractivity contribution in [1.29, 1.82) is 5.26 Å². The first-order valence-corrected chi connectivity index (χ1v) is 6.85. The Hall–Kier alpha value is -0.590. The highest BCUT2D eigenvalue weighted by Crippen LogP contribution is 2.13. The summed E-state index contributed by atoms with van der Waals surface area (Å²) in [7, 11) is 0. The molecule has 0 saturated carbocycles. The van der Waals surface area contributed by atoms with Gasteiger partial charge >= 0.3 is 0 Å². The van der Waals surface area contributed by atoms with Gasteiger partial charge in [-0.3, -0.25) is 5.32 Å². The van der Waals surface area contributed by atoms with Crippen LogP contribution in [0, 0.1) is 11.3 Å². The largest absolute Gasteiger partial charge is 0.379 e. The lowest BCUT2D eigenvalue weighted by Crippen LogP contribution is -2.40. The van der Waals surface area contributed by atoms with Crippen molar-refractivity contribution < 1.29 is 4.74 Å². The first-order chi connectivity index (χ1) is 8.08. The number of rotatable bonds is 10. The number of nitriles is 1. The van der Waals surface area contributed by atoms with Crippen LogP contribution in [-0.2, 0) is 4.74 Å². The number of hydrogen-bond acceptors (Lipinski definition) is 3. The molecule has 0 aliphatic rings. The topological polar surface area (TPSA) is 45.0 Å². The standard InChI is InChI=1S/C14H28N2O/c1-5-9-13(3)17-11-8-7-10-14(4,12-15)16-6-2/h13,16H,5-11H2,1-4H3. The maximum atomic E-state index is 9.09. The van der Waals surface area contributed by atoms with E-state index in [9.17, 15) is 0 Å². The Morgan fingerprint density at radius 1 is 1.35 bits per heavy atom. The minimum atomic E-state index is -0.371. The van der Waals surface area contributed by atoms with Crippen molar-refractivity contribution in [2.24, 2.45) is 0 Å². The highest BCUT2D eigenvalue weighted by molar-refractivity contribution is 5.03. The zero-order valence-electron chi connectivity index (χ0n) is 11.9. The van der Waals surface area contributed by atoms with Gasteiger partial charge < -0.3 is 4.74 Å². The van der Waals surface area contributed by atoms with Crippen LogP contribution in [0.3, 0.4) is 0 Å². The normalized spacial score (nSPS) is 16.2. The van der Waals surface area contributed by atoms with Gasteiger partial charge in [-0.2, -0.15) is 5.26 Å². The molecule has 17 heavy (non-hydrogen) atoms. The van der Waals surface area contributed by atoms with Crippen LogP contribution >= 0.6 is 0 Å². The van der Waals surface area contributed by atoms with Gasteiger partial charge in [-0.05, 0) is 46.1 Å². The third kappa shape index (κ3) is 8.18. The average molecular weight is 240 g/mol. The van der Waals surface area contributed by atoms with Crippen molar-refractivity contribution in [3.8, 4) is 6.07 Å². The van der Waals surface area contributed by atoms with Crippen molar-refractivity contribution in [1.82, 2.24) is 5.32 Å². The van der Waals surface area contributed by atoms with E-state index in [0.29, 0.717) is 6.10 Å². The lowest BCUT2D eigenvalue weighted by Gasteiger charge is -2.22. The summed E-state index contributed by atoms with van der Waals surface area (Å²) in [6.45, 7) is 9.96. The van der Waals surface area contributed by atoms with Crippen molar-refractivity contribution in [3.05, 3.63) is 0 Å². The van der Waals surface area contributed by atoms with Gasteiger partial charge in [0.05, 0.1) is 12.2 Å². The predicted molar refractivity (Wildman–Crippen MR) is 71.9 cm³/mol. The Morgan fingerprint density at radius 3 is 2.59 bits per heavy atom. The van der Waals surface area contributed by atoms with E-state index in [2.05, 4.69) is 25.2 Å². The van der Waals surface area contributed by atoms with Crippen LogP contribution in [0.2, 0.25) is 0 Å². The van der Waals surface area contributed by atoms with Gasteiger partial charge in [-0.25, -0.2) is 0 Å². The molecule has 0 aromatic rings. The van der Waals surface area contributed by atoms with Crippen LogP contribution in [0.1, 0.15) is 59.8 Å². The van der Waals surface area contributed by atoms with Gasteiger partial charge in [-0.1, -0.05) is 20.3 Å². The Balaban J connectivity index is 3.60. The zero-order chi connectivity index (χ0) is 13.1. The van der Waals surface area contributed by atoms with Gasteiger partial charge in [0.2, 0.25) is 0 Å². The van der Waals surface area contributed by atoms with Crippen molar-refractivity contribution in [2.45, 2.75) is 71.4 Å². The highest BCUT2D eigenvalue weighted by Gasteiger charge is 2.21. The smallest absolute Gasteiger partial charge is 0.103 e. The van der Waals surface area contributed by atoms with E-state index in [0.717, 1.165) is 38.8 Å². The molecule has 3 nitrogen and oxygen atoms in total. The Kier molecular flexibility index (Phi) is 9.11. The third-order valence-electron chi connectivity index (χ3n) is 2.98. The van der Waals surface area contributed by atoms with Crippen molar-refractivity contribution >= 4 is 0 Å². The summed E-state index contributed by atoms with van der Waals surface area (Å²) in [6.07, 6.45) is 5.65. The van der Waals surface area contributed by atoms with Gasteiger partial charge in [0.15, 0.2) is 0 Å². The van der Waals surface area contributed by atoms with Gasteiger partial charge in [-0.15, -0.1) is 0 Å². The van der Waals surface area contributed by atoms with E-state index in [1.165, 1.54) is 6.42 Å². The predicted octanol–water partition coefficient (Wildman–Crippen LogP) is 3.25. The van der Waals surface area contributed by atoms with Crippen molar-refractivity contribution in [2.75, 3.05) is 13.2 Å². The molecule has 0 aromatic heterocycles. The summed E-state index contributed by atoms with van der Waals surface area (Å²) in [5.74, 6) is 0. The van der Waals surface area contributed by atoms with Crippen LogP contribution in [0.4, 0.5) is 0 Å². The van der Waals surface area contributed by atoms with Gasteiger partial charge in [0.1, 0.15) is 5.54 Å². The molecule has 0 spiro atoms. The fourth-order valence-corrected chi connectivity index (χ4v) is 1.93. The molecule has 0 amide bonds. The maximum absolute atomic E-state index is 9.09. The molecule has 0 rings (SSSR count). The molecule has 0 bridgehead atoms. The number of nitrogens with zero attached hydrogens (tertiary/aromatic N) is 1. The monoisotopic (exact) mass is 240 g/mol. The Labute approximate surface area is 107 Å². The number of unbranched alkanes of at least 4 members (excludes halogenated alkanes) is 1. The van der Waals surface area contributed by atoms with E-state index in [-0.39, 0.29) is 5.54 Å². The van der Waals surface area contributed by atoms with E-state index in [1.54, 1.807) is 0 Å². The lowest BCUT2D eigenvalue weighted by atomic mass is 9.97. The Morgan fingerprint density at radius 2 is 2.06 bits per heavy atom. The van der Waals surface area contributed by atoms with Crippen LogP contribution in [0.5, 0.6) is 0 Å². The third-order valence-corrected chi connectivity index (χ3v) is 2.98. The summed E-state index contributed by atoms with van der Waals surface area (Å²) < 4.78 is 5.69. The van der Waals surface area contributed by atoms with Crippen molar-refractivity contribution in [3.63, 3.8) is 0 Å². The molecule has 3 heteroatoms. The summed E-state index contributed by atoms with van der Waals surface area (Å²) in [4.78, 5) is 0. The fraction of sp³-hybridized carbons (Fsp3) is 0.929. The SMILES string of the molecule is CCCC(C)OCCCCC(C)(C#N)NCC. The molecule has 0 aliphatic heterocycles. The lowest BCUT2D eigenvalue weighted by molar-refractivity contribution is 0.0565. The van der Waals surface area contributed by atoms with E-state index < -0.39 is 0 Å². The highest BCUT2D eigenvalue weighted by atomic mass is 16.5. The fourth-order valence-electron chi connectivity index (χ4n) is 1.93. The first kappa shape index (κ1) is 16.4. The molecule has 0 heterocycles. The number of hydrogen-bond donors (Lipinski definition) is 1. The molecule has 0 radical (unpaired) electrons. The molecule has 0 aromatic carbocycles. The van der Waals surface area contributed by atoms with Gasteiger partial charge in [0.25, 0.3) is 0 Å². The van der Waals surface area contributed by atoms with E-state index in [1.807, 2.05) is 13.8 Å². The summed E-state index contributed by atoms with van der Waals surface area (Å²) in [5, 5.41) is 12.3. The quantitative estimate of drug-likeness (QED) is 0.596. The Bertz CT molecular complexity index is 225. The first-order valence-electron chi connectivity index (χ1n) is 6.85. The minimum absolute atomic E-state index is 0.371. The molecule has 2 unspecified atom stereocenters. The minimum Gasteiger partial charge on any atom is -0.379 e. The molecule has 100 valence electrons. The molecule has 0 saturated heterocycles. The molecule has 1 N–H and O–H groups in total. The summed E-state index contributed by atoms with van der Waals surface area (Å²) in [6, 6.07) is 2.35. The second-order valence-electron chi connectivity index (χ2n) is 4.90. The van der Waals surface area contributed by atoms with Crippen LogP contribution in [0.15, 0.2) is 0 Å². The van der Waals surface area contributed by atoms with Crippen LogP contribution in [0.25, 0.3) is 0 Å². The number of ether oxygens (including phenoxy) is 1. The second kappa shape index (κ2) is 9.44. The summed E-state index contributed by atoms with van der Waals surface area (Å²) >= 11 is 0. The second-order valence-corrected chi connectivity index (χ2v) is 4.90. The van der Waals surface area contributed by atoms with E-state index >= 15 is 0 Å². The number of nitrogens with one attached hydrogen (secondary N) is 1. The molecule has 2 atom stereocenters. The average Bonchev–Trinajstić information content (AvgIpc) is 2.29. The zero-order valence-corrected chi connectivity index (χ0v) is 11.9. The maximum Gasteiger partial charge on any atom is 0.103 e. The summed E-state index contributed by atoms with van der Waals surface area (Å²) in [5.41, 5.74) is -0.371. The molecular weight excluding hydrogens is 212 g/mol. The molecule has 0 aliphatic carbocycles. The molecule has 0 fully saturated rings. The van der Waals surface area contributed by atoms with Crippen LogP contribution in [-0.4, -0.2) is 24.8 Å². The van der Waals surface area contributed by atoms with Gasteiger partial charge in [0, 0.05) is 6.61 Å². The molecular formula is C14H28N2O.